The summed E-state index contributed by atoms with van der Waals surface area (Å²) in [5.41, 5.74) is -0.392. The molecule has 2 unspecified atom stereocenters. The minimum Gasteiger partial charge on any atom is -0.463 e. The van der Waals surface area contributed by atoms with Crippen molar-refractivity contribution in [2.24, 2.45) is 11.8 Å². The Morgan fingerprint density at radius 2 is 1.17 bits per heavy atom. The van der Waals surface area contributed by atoms with Gasteiger partial charge in [-0.25, -0.2) is 19.2 Å². The van der Waals surface area contributed by atoms with Crippen LogP contribution >= 0.6 is 0 Å². The third kappa shape index (κ3) is 14.0. The molecule has 4 amide bonds. The number of ether oxygens (including phenoxy) is 3. The smallest absolute Gasteiger partial charge is 0.416 e. The van der Waals surface area contributed by atoms with E-state index in [0.29, 0.717) is 68.9 Å². The molecule has 0 fully saturated rings. The zero-order valence-corrected chi connectivity index (χ0v) is 44.7. The number of anilines is 2. The van der Waals surface area contributed by atoms with Gasteiger partial charge in [-0.2, -0.15) is 36.9 Å². The molecule has 0 N–H and O–H groups in total. The highest BCUT2D eigenvalue weighted by Gasteiger charge is 2.47. The van der Waals surface area contributed by atoms with E-state index in [4.69, 9.17) is 14.2 Å². The largest absolute Gasteiger partial charge is 0.463 e. The van der Waals surface area contributed by atoms with Crippen LogP contribution in [0.1, 0.15) is 75.8 Å². The van der Waals surface area contributed by atoms with Crippen LogP contribution < -0.4 is 9.80 Å². The van der Waals surface area contributed by atoms with Gasteiger partial charge in [0.05, 0.1) is 89.9 Å². The second kappa shape index (κ2) is 26.3. The average Bonchev–Trinajstić information content (AvgIpc) is 3.41. The van der Waals surface area contributed by atoms with Crippen LogP contribution in [-0.2, 0) is 36.2 Å². The summed E-state index contributed by atoms with van der Waals surface area (Å²) in [5.74, 6) is -2.26. The van der Waals surface area contributed by atoms with Crippen molar-refractivity contribution in [1.82, 2.24) is 19.6 Å². The standard InChI is InChI=1S/C57H64F6N8O7/c1-8-77-52(72)48-38(4)70(45-16-10-14-43(33-45)56(58,59)60)54(74)68(50(48)42-21-18-40(35-64)19-22-42)26-12-24-66(6)28-30-76-31-29-67(7)25-13-27-69-51(47-23-20-41(36-65)32-37(47)3)49(53(73)78-9-2)39(5)71(55(69)75)46-17-11-15-44(34-46)57(61,62)63/h10-11,14-23,32-34,37,47,50-51H,8-9,12-13,24-31H2,1-7H3/t37?,47?,50-,51-/m1/s1. The Balaban J connectivity index is 1.09. The predicted molar refractivity (Wildman–Crippen MR) is 279 cm³/mol. The predicted octanol–water partition coefficient (Wildman–Crippen LogP) is 10.5. The summed E-state index contributed by atoms with van der Waals surface area (Å²) in [5, 5.41) is 19.1. The van der Waals surface area contributed by atoms with Gasteiger partial charge < -0.3 is 33.8 Å². The molecular weight excluding hydrogens is 1020 g/mol. The number of nitriles is 2. The lowest BCUT2D eigenvalue weighted by atomic mass is 9.77. The van der Waals surface area contributed by atoms with Crippen LogP contribution in [0.3, 0.4) is 0 Å². The average molecular weight is 1090 g/mol. The minimum absolute atomic E-state index is 0.00446. The molecule has 0 saturated carbocycles. The van der Waals surface area contributed by atoms with Gasteiger partial charge in [0.25, 0.3) is 0 Å². The summed E-state index contributed by atoms with van der Waals surface area (Å²) in [6.07, 6.45) is -3.44. The van der Waals surface area contributed by atoms with Crippen molar-refractivity contribution in [3.63, 3.8) is 0 Å². The van der Waals surface area contributed by atoms with Crippen molar-refractivity contribution in [3.05, 3.63) is 141 Å². The van der Waals surface area contributed by atoms with Crippen molar-refractivity contribution < 1.29 is 59.7 Å². The SMILES string of the molecule is CCOC(=O)C1=C(C)N(c2cccc(C(F)(F)F)c2)C(=O)N(CCCN(C)CCOCCN(C)CCCN2C(=O)N(c3cccc(C(F)(F)F)c3)C(C)=C(C(=O)OCC)[C@H]2C2C=CC(C#N)=CC2C)[C@@H]1c1ccc(C#N)cc1. The number of carbonyl (C=O) groups is 4. The second-order valence-electron chi connectivity index (χ2n) is 19.2. The van der Waals surface area contributed by atoms with E-state index in [9.17, 15) is 56.0 Å². The maximum atomic E-state index is 14.7. The summed E-state index contributed by atoms with van der Waals surface area (Å²) in [4.78, 5) is 66.0. The van der Waals surface area contributed by atoms with Crippen molar-refractivity contribution in [2.75, 3.05) is 89.6 Å². The maximum Gasteiger partial charge on any atom is 0.416 e. The van der Waals surface area contributed by atoms with Crippen LogP contribution in [-0.4, -0.2) is 129 Å². The van der Waals surface area contributed by atoms with Gasteiger partial charge in [-0.1, -0.05) is 43.3 Å². The highest BCUT2D eigenvalue weighted by Crippen LogP contribution is 2.43. The number of nitrogens with zero attached hydrogens (tertiary/aromatic N) is 8. The summed E-state index contributed by atoms with van der Waals surface area (Å²) in [6, 6.07) is 16.1. The molecule has 3 aliphatic rings. The topological polar surface area (TPSA) is 163 Å². The molecule has 3 aromatic carbocycles. The number of rotatable bonds is 22. The Labute approximate surface area is 450 Å². The van der Waals surface area contributed by atoms with Crippen molar-refractivity contribution in [3.8, 4) is 12.1 Å². The lowest BCUT2D eigenvalue weighted by Gasteiger charge is -2.46. The lowest BCUT2D eigenvalue weighted by molar-refractivity contribution is -0.140. The number of hydrogen-bond acceptors (Lipinski definition) is 11. The van der Waals surface area contributed by atoms with Gasteiger partial charge in [0.15, 0.2) is 0 Å². The van der Waals surface area contributed by atoms with Crippen molar-refractivity contribution in [2.45, 2.75) is 71.9 Å². The monoisotopic (exact) mass is 1090 g/mol. The van der Waals surface area contributed by atoms with Crippen molar-refractivity contribution >= 4 is 35.4 Å². The fraction of sp³-hybridized carbons (Fsp3) is 0.439. The Bertz CT molecular complexity index is 2890. The normalized spacial score (nSPS) is 19.2. The molecule has 2 heterocycles. The Kier molecular flexibility index (Phi) is 20.1. The zero-order valence-electron chi connectivity index (χ0n) is 44.7. The first-order valence-electron chi connectivity index (χ1n) is 25.6. The first-order chi connectivity index (χ1) is 37.0. The number of hydrogen-bond donors (Lipinski definition) is 0. The Morgan fingerprint density at radius 1 is 0.679 bits per heavy atom. The molecule has 0 bridgehead atoms. The molecule has 416 valence electrons. The molecular formula is C57H64F6N8O7. The zero-order chi connectivity index (χ0) is 57.1. The van der Waals surface area contributed by atoms with E-state index in [-0.39, 0.29) is 66.1 Å². The highest BCUT2D eigenvalue weighted by molar-refractivity contribution is 6.04. The first kappa shape index (κ1) is 59.8. The van der Waals surface area contributed by atoms with E-state index in [2.05, 4.69) is 12.1 Å². The third-order valence-corrected chi connectivity index (χ3v) is 13.9. The molecule has 0 aromatic heterocycles. The van der Waals surface area contributed by atoms with Crippen LogP contribution in [0, 0.1) is 34.5 Å². The fourth-order valence-electron chi connectivity index (χ4n) is 9.98. The van der Waals surface area contributed by atoms with Gasteiger partial charge in [-0.3, -0.25) is 9.80 Å². The second-order valence-corrected chi connectivity index (χ2v) is 19.2. The minimum atomic E-state index is -4.70. The van der Waals surface area contributed by atoms with Crippen LogP contribution in [0.2, 0.25) is 0 Å². The molecule has 0 saturated heterocycles. The third-order valence-electron chi connectivity index (χ3n) is 13.9. The van der Waals surface area contributed by atoms with Gasteiger partial charge >= 0.3 is 36.4 Å². The Morgan fingerprint density at radius 3 is 1.64 bits per heavy atom. The van der Waals surface area contributed by atoms with Gasteiger partial charge in [-0.15, -0.1) is 0 Å². The van der Waals surface area contributed by atoms with E-state index >= 15 is 0 Å². The van der Waals surface area contributed by atoms with Crippen LogP contribution in [0.15, 0.2) is 119 Å². The first-order valence-corrected chi connectivity index (χ1v) is 25.6. The van der Waals surface area contributed by atoms with Gasteiger partial charge in [0.2, 0.25) is 0 Å². The molecule has 3 aromatic rings. The molecule has 15 nitrogen and oxygen atoms in total. The van der Waals surface area contributed by atoms with Gasteiger partial charge in [0.1, 0.15) is 0 Å². The number of halogens is 6. The van der Waals surface area contributed by atoms with Crippen molar-refractivity contribution in [1.29, 1.82) is 10.5 Å². The molecule has 2 aliphatic heterocycles. The summed E-state index contributed by atoms with van der Waals surface area (Å²) >= 11 is 0. The van der Waals surface area contributed by atoms with E-state index in [1.54, 1.807) is 56.3 Å². The number of amides is 4. The van der Waals surface area contributed by atoms with E-state index in [0.717, 1.165) is 34.1 Å². The summed E-state index contributed by atoms with van der Waals surface area (Å²) < 4.78 is 101. The van der Waals surface area contributed by atoms with Gasteiger partial charge in [0, 0.05) is 49.1 Å². The fourth-order valence-corrected chi connectivity index (χ4v) is 9.98. The summed E-state index contributed by atoms with van der Waals surface area (Å²) in [7, 11) is 3.74. The quantitative estimate of drug-likeness (QED) is 0.0535. The number of allylic oxidation sites excluding steroid dienone is 5. The molecule has 6 rings (SSSR count). The number of esters is 2. The molecule has 0 spiro atoms. The number of benzene rings is 3. The molecule has 4 atom stereocenters. The molecule has 78 heavy (non-hydrogen) atoms. The number of carbonyl (C=O) groups excluding carboxylic acids is 4. The summed E-state index contributed by atoms with van der Waals surface area (Å²) in [6.45, 7) is 10.9. The van der Waals surface area contributed by atoms with Crippen LogP contribution in [0.5, 0.6) is 0 Å². The van der Waals surface area contributed by atoms with E-state index in [1.807, 2.05) is 30.8 Å². The Hall–Kier alpha value is -7.46. The highest BCUT2D eigenvalue weighted by atomic mass is 19.4. The lowest BCUT2D eigenvalue weighted by Crippen LogP contribution is -2.58. The van der Waals surface area contributed by atoms with Gasteiger partial charge in [-0.05, 0) is 134 Å². The number of urea groups is 2. The number of likely N-dealkylation sites (N-methyl/N-ethyl adjacent to an activating group) is 2. The molecule has 21 heteroatoms. The van der Waals surface area contributed by atoms with Crippen LogP contribution in [0.4, 0.5) is 47.3 Å². The molecule has 0 radical (unpaired) electrons. The van der Waals surface area contributed by atoms with E-state index in [1.165, 1.54) is 47.9 Å². The molecule has 1 aliphatic carbocycles. The van der Waals surface area contributed by atoms with E-state index < -0.39 is 65.5 Å². The number of alkyl halides is 6. The van der Waals surface area contributed by atoms with Crippen LogP contribution in [0.25, 0.3) is 0 Å². The maximum absolute atomic E-state index is 14.7.